The van der Waals surface area contributed by atoms with Gasteiger partial charge in [-0.1, -0.05) is 151 Å². The molecule has 0 aliphatic carbocycles. The molecule has 0 aromatic carbocycles. The van der Waals surface area contributed by atoms with Crippen molar-refractivity contribution in [2.45, 2.75) is 149 Å². The fraction of sp³-hybridized carbons (Fsp3) is 0.650. The van der Waals surface area contributed by atoms with Gasteiger partial charge in [-0.05, 0) is 50.9 Å². The highest BCUT2D eigenvalue weighted by molar-refractivity contribution is 5.70. The highest BCUT2D eigenvalue weighted by Crippen LogP contribution is 2.14. The standard InChI is InChI=1S/C40H66O6/c1-4-5-6-7-20-25-30-37(42)31-26-21-16-12-8-9-13-18-23-28-33-40(44)46-38(34-41)35-45-39(43)32-27-22-17-14-10-11-15-19-24-29-36(2)3/h5-6,8-9,16,18,20-21,23,25-26,31,36-38,41-42H,4,7,10-15,17,19,22,24,27-30,32-35H2,1-3H3/b6-5-,9-8-,21-16-,23-18-,25-20-,31-26+/t37?,38-/m0/s1. The van der Waals surface area contributed by atoms with E-state index in [-0.39, 0.29) is 25.6 Å². The van der Waals surface area contributed by atoms with E-state index in [0.29, 0.717) is 19.3 Å². The number of allylic oxidation sites excluding steroid dienone is 10. The largest absolute Gasteiger partial charge is 0.462 e. The Morgan fingerprint density at radius 3 is 1.91 bits per heavy atom. The molecule has 1 unspecified atom stereocenters. The van der Waals surface area contributed by atoms with Gasteiger partial charge in [-0.2, -0.15) is 0 Å². The summed E-state index contributed by atoms with van der Waals surface area (Å²) in [7, 11) is 0. The van der Waals surface area contributed by atoms with E-state index >= 15 is 0 Å². The van der Waals surface area contributed by atoms with E-state index in [1.165, 1.54) is 44.9 Å². The number of hydrogen-bond donors (Lipinski definition) is 2. The Balaban J connectivity index is 3.83. The molecule has 6 heteroatoms. The van der Waals surface area contributed by atoms with Crippen LogP contribution in [0.2, 0.25) is 0 Å². The van der Waals surface area contributed by atoms with Gasteiger partial charge in [0, 0.05) is 12.8 Å². The Bertz CT molecular complexity index is 895. The van der Waals surface area contributed by atoms with Crippen molar-refractivity contribution in [2.75, 3.05) is 13.2 Å². The number of aliphatic hydroxyl groups excluding tert-OH is 2. The minimum absolute atomic E-state index is 0.113. The van der Waals surface area contributed by atoms with Gasteiger partial charge in [0.1, 0.15) is 6.61 Å². The summed E-state index contributed by atoms with van der Waals surface area (Å²) in [6.45, 7) is 6.18. The zero-order chi connectivity index (χ0) is 33.9. The van der Waals surface area contributed by atoms with E-state index in [0.717, 1.165) is 50.9 Å². The average molecular weight is 643 g/mol. The van der Waals surface area contributed by atoms with Gasteiger partial charge in [-0.3, -0.25) is 9.59 Å². The maximum atomic E-state index is 12.1. The minimum atomic E-state index is -0.829. The zero-order valence-corrected chi connectivity index (χ0v) is 29.3. The summed E-state index contributed by atoms with van der Waals surface area (Å²) in [5, 5.41) is 19.4. The van der Waals surface area contributed by atoms with Crippen molar-refractivity contribution in [3.05, 3.63) is 72.9 Å². The molecule has 2 N–H and O–H groups in total. The summed E-state index contributed by atoms with van der Waals surface area (Å²) < 4.78 is 10.5. The average Bonchev–Trinajstić information content (AvgIpc) is 3.03. The maximum absolute atomic E-state index is 12.1. The van der Waals surface area contributed by atoms with Crippen LogP contribution in [-0.2, 0) is 19.1 Å². The van der Waals surface area contributed by atoms with Crippen LogP contribution in [0.4, 0.5) is 0 Å². The molecule has 0 saturated heterocycles. The summed E-state index contributed by atoms with van der Waals surface area (Å²) in [6.07, 6.45) is 40.0. The second-order valence-corrected chi connectivity index (χ2v) is 12.2. The molecular weight excluding hydrogens is 576 g/mol. The Hall–Kier alpha value is -2.70. The molecule has 0 fully saturated rings. The monoisotopic (exact) mass is 642 g/mol. The lowest BCUT2D eigenvalue weighted by Gasteiger charge is -2.15. The fourth-order valence-electron chi connectivity index (χ4n) is 4.55. The van der Waals surface area contributed by atoms with Gasteiger partial charge < -0.3 is 19.7 Å². The van der Waals surface area contributed by atoms with Gasteiger partial charge in [0.2, 0.25) is 0 Å². The van der Waals surface area contributed by atoms with Crippen molar-refractivity contribution in [3.63, 3.8) is 0 Å². The van der Waals surface area contributed by atoms with E-state index in [9.17, 15) is 19.8 Å². The van der Waals surface area contributed by atoms with Crippen LogP contribution in [0.25, 0.3) is 0 Å². The van der Waals surface area contributed by atoms with Crippen molar-refractivity contribution in [2.24, 2.45) is 5.92 Å². The van der Waals surface area contributed by atoms with Crippen LogP contribution in [0.15, 0.2) is 72.9 Å². The lowest BCUT2D eigenvalue weighted by Crippen LogP contribution is -2.28. The molecule has 6 nitrogen and oxygen atoms in total. The molecule has 0 aromatic heterocycles. The lowest BCUT2D eigenvalue weighted by molar-refractivity contribution is -0.161. The first-order valence-electron chi connectivity index (χ1n) is 18.0. The molecule has 0 saturated carbocycles. The van der Waals surface area contributed by atoms with E-state index in [4.69, 9.17) is 9.47 Å². The highest BCUT2D eigenvalue weighted by atomic mass is 16.6. The third kappa shape index (κ3) is 32.7. The van der Waals surface area contributed by atoms with Crippen molar-refractivity contribution in [1.82, 2.24) is 0 Å². The first-order chi connectivity index (χ1) is 22.4. The Morgan fingerprint density at radius 2 is 1.26 bits per heavy atom. The molecule has 0 rings (SSSR count). The third-order valence-electron chi connectivity index (χ3n) is 7.29. The molecule has 46 heavy (non-hydrogen) atoms. The third-order valence-corrected chi connectivity index (χ3v) is 7.29. The molecule has 0 aromatic rings. The van der Waals surface area contributed by atoms with Crippen molar-refractivity contribution >= 4 is 11.9 Å². The number of unbranched alkanes of at least 4 members (excludes halogenated alkanes) is 8. The first kappa shape index (κ1) is 43.3. The van der Waals surface area contributed by atoms with Gasteiger partial charge in [0.15, 0.2) is 6.10 Å². The lowest BCUT2D eigenvalue weighted by atomic mass is 10.0. The molecule has 2 atom stereocenters. The smallest absolute Gasteiger partial charge is 0.306 e. The first-order valence-corrected chi connectivity index (χ1v) is 18.0. The maximum Gasteiger partial charge on any atom is 0.306 e. The number of carbonyl (C=O) groups excluding carboxylic acids is 2. The summed E-state index contributed by atoms with van der Waals surface area (Å²) in [4.78, 5) is 24.1. The van der Waals surface area contributed by atoms with Crippen LogP contribution < -0.4 is 0 Å². The SMILES string of the molecule is CC/C=C\C/C=C\CC(O)/C=C/C=C\C/C=C\C/C=C\CCC(=O)O[C@@H](CO)COC(=O)CCCCCCCCCCCC(C)C. The van der Waals surface area contributed by atoms with E-state index in [2.05, 4.69) is 51.2 Å². The summed E-state index contributed by atoms with van der Waals surface area (Å²) in [5.74, 6) is 0.0794. The fourth-order valence-corrected chi connectivity index (χ4v) is 4.55. The highest BCUT2D eigenvalue weighted by Gasteiger charge is 2.15. The number of esters is 2. The Morgan fingerprint density at radius 1 is 0.674 bits per heavy atom. The Kier molecular flexibility index (Phi) is 31.7. The van der Waals surface area contributed by atoms with Crippen LogP contribution in [-0.4, -0.2) is 47.6 Å². The number of rotatable bonds is 30. The van der Waals surface area contributed by atoms with E-state index in [1.807, 2.05) is 36.5 Å². The molecular formula is C40H66O6. The quantitative estimate of drug-likeness (QED) is 0.0351. The van der Waals surface area contributed by atoms with Gasteiger partial charge in [-0.15, -0.1) is 0 Å². The molecule has 0 spiro atoms. The molecule has 0 radical (unpaired) electrons. The zero-order valence-electron chi connectivity index (χ0n) is 29.3. The molecule has 0 aliphatic rings. The summed E-state index contributed by atoms with van der Waals surface area (Å²) in [6, 6.07) is 0. The van der Waals surface area contributed by atoms with Crippen molar-refractivity contribution < 1.29 is 29.3 Å². The van der Waals surface area contributed by atoms with Gasteiger partial charge in [0.25, 0.3) is 0 Å². The van der Waals surface area contributed by atoms with Gasteiger partial charge in [0.05, 0.1) is 12.7 Å². The van der Waals surface area contributed by atoms with Crippen molar-refractivity contribution in [3.8, 4) is 0 Å². The number of hydrogen-bond acceptors (Lipinski definition) is 6. The van der Waals surface area contributed by atoms with E-state index < -0.39 is 18.2 Å². The second kappa shape index (κ2) is 33.7. The molecule has 0 heterocycles. The molecule has 262 valence electrons. The molecule has 0 amide bonds. The minimum Gasteiger partial charge on any atom is -0.462 e. The van der Waals surface area contributed by atoms with Crippen LogP contribution in [0.1, 0.15) is 136 Å². The predicted octanol–water partition coefficient (Wildman–Crippen LogP) is 9.83. The number of aliphatic hydroxyl groups is 2. The van der Waals surface area contributed by atoms with Gasteiger partial charge >= 0.3 is 11.9 Å². The predicted molar refractivity (Wildman–Crippen MR) is 192 cm³/mol. The van der Waals surface area contributed by atoms with Crippen LogP contribution in [0, 0.1) is 5.92 Å². The van der Waals surface area contributed by atoms with Crippen LogP contribution in [0.3, 0.4) is 0 Å². The molecule has 0 bridgehead atoms. The molecule has 0 aliphatic heterocycles. The van der Waals surface area contributed by atoms with Crippen molar-refractivity contribution in [1.29, 1.82) is 0 Å². The topological polar surface area (TPSA) is 93.1 Å². The van der Waals surface area contributed by atoms with Crippen LogP contribution in [0.5, 0.6) is 0 Å². The summed E-state index contributed by atoms with van der Waals surface area (Å²) in [5.41, 5.74) is 0. The summed E-state index contributed by atoms with van der Waals surface area (Å²) >= 11 is 0. The van der Waals surface area contributed by atoms with Crippen LogP contribution >= 0.6 is 0 Å². The van der Waals surface area contributed by atoms with E-state index in [1.54, 1.807) is 6.08 Å². The normalized spacial score (nSPS) is 13.9. The van der Waals surface area contributed by atoms with Gasteiger partial charge in [-0.25, -0.2) is 0 Å². The second-order valence-electron chi connectivity index (χ2n) is 12.2. The number of ether oxygens (including phenoxy) is 2. The number of carbonyl (C=O) groups is 2. The Labute approximate surface area is 281 Å².